The van der Waals surface area contributed by atoms with Crippen LogP contribution in [0.15, 0.2) is 77.6 Å². The molecule has 7 heteroatoms. The second-order valence-electron chi connectivity index (χ2n) is 12.8. The van der Waals surface area contributed by atoms with E-state index >= 15 is 0 Å². The number of hydrogen-bond acceptors (Lipinski definition) is 5. The van der Waals surface area contributed by atoms with Crippen LogP contribution in [0.25, 0.3) is 16.6 Å². The lowest BCUT2D eigenvalue weighted by molar-refractivity contribution is -0.151. The number of methoxy groups -OCH3 is 1. The topological polar surface area (TPSA) is 85.6 Å². The van der Waals surface area contributed by atoms with E-state index in [4.69, 9.17) is 16.3 Å². The Hall–Kier alpha value is -3.74. The van der Waals surface area contributed by atoms with Crippen molar-refractivity contribution in [2.24, 2.45) is 23.7 Å². The van der Waals surface area contributed by atoms with Gasteiger partial charge in [-0.05, 0) is 91.7 Å². The fourth-order valence-corrected chi connectivity index (χ4v) is 8.66. The first-order valence-electron chi connectivity index (χ1n) is 15.1. The highest BCUT2D eigenvalue weighted by Gasteiger charge is 2.54. The lowest BCUT2D eigenvalue weighted by Gasteiger charge is -2.58. The summed E-state index contributed by atoms with van der Waals surface area (Å²) in [5.74, 6) is 1.33. The summed E-state index contributed by atoms with van der Waals surface area (Å²) < 4.78 is 6.93. The van der Waals surface area contributed by atoms with E-state index in [0.29, 0.717) is 62.8 Å². The predicted molar refractivity (Wildman–Crippen MR) is 166 cm³/mol. The summed E-state index contributed by atoms with van der Waals surface area (Å²) in [5, 5.41) is 11.8. The number of rotatable bonds is 7. The molecule has 8 rings (SSSR count). The molecule has 4 aliphatic carbocycles. The smallest absolute Gasteiger partial charge is 0.355 e. The molecule has 4 fully saturated rings. The molecule has 1 N–H and O–H groups in total. The summed E-state index contributed by atoms with van der Waals surface area (Å²) in [6, 6.07) is 21.8. The molecule has 4 aliphatic rings. The van der Waals surface area contributed by atoms with E-state index < -0.39 is 11.6 Å². The fourth-order valence-electron chi connectivity index (χ4n) is 8.49. The number of pyridine rings is 1. The number of carbonyl (C=O) groups excluding carboxylic acids is 2. The van der Waals surface area contributed by atoms with Crippen LogP contribution in [0.2, 0.25) is 5.02 Å². The molecular formula is C36H34ClNO5. The summed E-state index contributed by atoms with van der Waals surface area (Å²) in [5.41, 5.74) is 2.38. The summed E-state index contributed by atoms with van der Waals surface area (Å²) >= 11 is 6.34. The number of Topliss-reactive ketones (excluding diaryl/α,β-unsaturated/α-hetero) is 1. The molecule has 220 valence electrons. The number of hydrogen-bond donors (Lipinski definition) is 1. The van der Waals surface area contributed by atoms with Crippen molar-refractivity contribution in [3.05, 3.63) is 110 Å². The Morgan fingerprint density at radius 1 is 0.977 bits per heavy atom. The van der Waals surface area contributed by atoms with Crippen LogP contribution >= 0.6 is 11.6 Å². The molecule has 4 bridgehead atoms. The SMILES string of the molecule is COC(=O)c1c(Cc2ccc(C(=O)CC3[C@@H]4CC5C[C@H]3CC(O)(C5)C4)cc2)c(=O)c2ccc(Cl)cc2n1-c1ccccc1. The molecular weight excluding hydrogens is 562 g/mol. The predicted octanol–water partition coefficient (Wildman–Crippen LogP) is 6.78. The van der Waals surface area contributed by atoms with Gasteiger partial charge < -0.3 is 14.4 Å². The van der Waals surface area contributed by atoms with Crippen LogP contribution in [0.3, 0.4) is 0 Å². The number of aromatic nitrogens is 1. The first kappa shape index (κ1) is 28.1. The van der Waals surface area contributed by atoms with Crippen LogP contribution in [-0.2, 0) is 11.2 Å². The quantitative estimate of drug-likeness (QED) is 0.188. The van der Waals surface area contributed by atoms with Crippen LogP contribution in [0.1, 0.15) is 70.5 Å². The second kappa shape index (κ2) is 10.8. The lowest BCUT2D eigenvalue weighted by atomic mass is 9.49. The average molecular weight is 596 g/mol. The molecule has 0 spiro atoms. The van der Waals surface area contributed by atoms with Gasteiger partial charge in [0.25, 0.3) is 0 Å². The number of halogens is 1. The summed E-state index contributed by atoms with van der Waals surface area (Å²) in [6.45, 7) is 0. The molecule has 4 aromatic rings. The number of ether oxygens (including phenoxy) is 1. The number of para-hydroxylation sites is 1. The molecule has 1 aromatic heterocycles. The van der Waals surface area contributed by atoms with Crippen molar-refractivity contribution in [3.63, 3.8) is 0 Å². The molecule has 3 unspecified atom stereocenters. The Balaban J connectivity index is 1.21. The van der Waals surface area contributed by atoms with Crippen LogP contribution in [0.5, 0.6) is 0 Å². The number of ketones is 1. The summed E-state index contributed by atoms with van der Waals surface area (Å²) in [6.07, 6.45) is 5.57. The van der Waals surface area contributed by atoms with Crippen LogP contribution < -0.4 is 5.43 Å². The second-order valence-corrected chi connectivity index (χ2v) is 13.3. The third-order valence-electron chi connectivity index (χ3n) is 10.1. The van der Waals surface area contributed by atoms with Crippen molar-refractivity contribution < 1.29 is 19.4 Å². The molecule has 0 radical (unpaired) electrons. The normalized spacial score (nSPS) is 25.7. The molecule has 4 saturated carbocycles. The molecule has 1 heterocycles. The summed E-state index contributed by atoms with van der Waals surface area (Å²) in [7, 11) is 1.30. The van der Waals surface area contributed by atoms with Gasteiger partial charge in [0.2, 0.25) is 0 Å². The molecule has 0 amide bonds. The van der Waals surface area contributed by atoms with Crippen LogP contribution in [-0.4, -0.2) is 34.1 Å². The first-order valence-corrected chi connectivity index (χ1v) is 15.5. The molecule has 5 atom stereocenters. The number of esters is 1. The lowest BCUT2D eigenvalue weighted by Crippen LogP contribution is -2.54. The van der Waals surface area contributed by atoms with Crippen molar-refractivity contribution in [1.29, 1.82) is 0 Å². The van der Waals surface area contributed by atoms with E-state index in [0.717, 1.165) is 37.7 Å². The minimum atomic E-state index is -0.620. The third-order valence-corrected chi connectivity index (χ3v) is 10.4. The Kier molecular flexibility index (Phi) is 7.02. The van der Waals surface area contributed by atoms with Gasteiger partial charge in [0.05, 0.1) is 18.2 Å². The first-order chi connectivity index (χ1) is 20.7. The maximum atomic E-state index is 13.9. The highest BCUT2D eigenvalue weighted by Crippen LogP contribution is 2.59. The standard InChI is InChI=1S/C36H34ClNO5/c1-43-35(41)33-30(34(40)28-12-11-26(37)16-31(28)38(33)27-5-3-2-4-6-27)15-21-7-9-23(10-8-21)32(39)17-29-24-13-22-14-25(29)20-36(42,18-22)19-24/h2-12,16,22,24-25,29,42H,13-15,17-20H2,1H3/t22?,24-,25+,29?,36?. The average Bonchev–Trinajstić information content (AvgIpc) is 2.99. The van der Waals surface area contributed by atoms with Crippen molar-refractivity contribution in [3.8, 4) is 5.69 Å². The molecule has 43 heavy (non-hydrogen) atoms. The van der Waals surface area contributed by atoms with Crippen LogP contribution in [0, 0.1) is 23.7 Å². The van der Waals surface area contributed by atoms with Gasteiger partial charge in [-0.25, -0.2) is 4.79 Å². The van der Waals surface area contributed by atoms with Crippen molar-refractivity contribution in [1.82, 2.24) is 4.57 Å². The van der Waals surface area contributed by atoms with E-state index in [2.05, 4.69) is 0 Å². The number of nitrogens with zero attached hydrogens (tertiary/aromatic N) is 1. The Labute approximate surface area is 255 Å². The van der Waals surface area contributed by atoms with E-state index in [-0.39, 0.29) is 23.3 Å². The molecule has 3 aromatic carbocycles. The fraction of sp³-hybridized carbons (Fsp3) is 0.361. The Morgan fingerprint density at radius 2 is 1.67 bits per heavy atom. The van der Waals surface area contributed by atoms with Gasteiger partial charge in [-0.15, -0.1) is 0 Å². The Morgan fingerprint density at radius 3 is 2.33 bits per heavy atom. The maximum absolute atomic E-state index is 13.9. The highest BCUT2D eigenvalue weighted by molar-refractivity contribution is 6.31. The van der Waals surface area contributed by atoms with Gasteiger partial charge in [-0.3, -0.25) is 9.59 Å². The van der Waals surface area contributed by atoms with Gasteiger partial charge in [0.15, 0.2) is 11.2 Å². The molecule has 0 saturated heterocycles. The van der Waals surface area contributed by atoms with Crippen LogP contribution in [0.4, 0.5) is 0 Å². The zero-order chi connectivity index (χ0) is 29.9. The monoisotopic (exact) mass is 595 g/mol. The Bertz CT molecular complexity index is 1780. The van der Waals surface area contributed by atoms with Gasteiger partial charge in [-0.1, -0.05) is 54.1 Å². The summed E-state index contributed by atoms with van der Waals surface area (Å²) in [4.78, 5) is 40.6. The molecule has 6 nitrogen and oxygen atoms in total. The van der Waals surface area contributed by atoms with Gasteiger partial charge in [0.1, 0.15) is 5.69 Å². The third kappa shape index (κ3) is 5.00. The number of fused-ring (bicyclic) bond motifs is 1. The van der Waals surface area contributed by atoms with E-state index in [9.17, 15) is 19.5 Å². The van der Waals surface area contributed by atoms with Gasteiger partial charge in [-0.2, -0.15) is 0 Å². The largest absolute Gasteiger partial charge is 0.464 e. The van der Waals surface area contributed by atoms with Crippen molar-refractivity contribution in [2.45, 2.75) is 50.5 Å². The van der Waals surface area contributed by atoms with E-state index in [1.54, 1.807) is 22.8 Å². The number of carbonyl (C=O) groups is 2. The highest BCUT2D eigenvalue weighted by atomic mass is 35.5. The number of benzene rings is 3. The van der Waals surface area contributed by atoms with Gasteiger partial charge >= 0.3 is 5.97 Å². The maximum Gasteiger partial charge on any atom is 0.355 e. The minimum Gasteiger partial charge on any atom is -0.464 e. The minimum absolute atomic E-state index is 0.125. The number of aliphatic hydroxyl groups is 1. The molecule has 0 aliphatic heterocycles. The van der Waals surface area contributed by atoms with Crippen molar-refractivity contribution >= 4 is 34.3 Å². The zero-order valence-electron chi connectivity index (χ0n) is 24.1. The van der Waals surface area contributed by atoms with Gasteiger partial charge in [0, 0.05) is 40.1 Å². The van der Waals surface area contributed by atoms with Crippen molar-refractivity contribution in [2.75, 3.05) is 7.11 Å². The van der Waals surface area contributed by atoms with E-state index in [1.807, 2.05) is 54.6 Å². The van der Waals surface area contributed by atoms with E-state index in [1.165, 1.54) is 7.11 Å². The zero-order valence-corrected chi connectivity index (χ0v) is 24.8.